The Kier molecular flexibility index (Phi) is 36.1. The zero-order valence-electron chi connectivity index (χ0n) is 31.6. The molecule has 0 spiro atoms. The lowest BCUT2D eigenvalue weighted by Gasteiger charge is -2.22. The SMILES string of the molecule is C=CC(=O)OC(C)C(=O)OCCOC(=O)C(C)OC(=O)C=C.C=CC(=O)OCl.CC(O)C(=O)OCCOC(=O)C(C)O.CC1OC(=O)C(C)OC1=O.OCCO. The molecule has 320 valence electrons. The van der Waals surface area contributed by atoms with Crippen molar-refractivity contribution in [2.24, 2.45) is 0 Å². The topological polar surface area (TPSA) is 318 Å². The molecule has 1 aliphatic heterocycles. The van der Waals surface area contributed by atoms with Gasteiger partial charge in [-0.05, 0) is 41.5 Å². The Morgan fingerprint density at radius 3 is 1.07 bits per heavy atom. The number of carbonyl (C=O) groups excluding carboxylic acids is 9. The average molecular weight is 833 g/mol. The fourth-order valence-corrected chi connectivity index (χ4v) is 2.32. The van der Waals surface area contributed by atoms with E-state index in [0.29, 0.717) is 0 Å². The average Bonchev–Trinajstić information content (AvgIpc) is 3.16. The first-order valence-corrected chi connectivity index (χ1v) is 16.2. The number of rotatable bonds is 16. The van der Waals surface area contributed by atoms with E-state index in [1.54, 1.807) is 0 Å². The predicted octanol–water partition coefficient (Wildman–Crippen LogP) is -1.15. The van der Waals surface area contributed by atoms with Gasteiger partial charge in [-0.2, -0.15) is 0 Å². The minimum atomic E-state index is -1.19. The molecule has 4 N–H and O–H groups in total. The number of ether oxygens (including phenoxy) is 8. The van der Waals surface area contributed by atoms with Crippen molar-refractivity contribution in [3.63, 3.8) is 0 Å². The van der Waals surface area contributed by atoms with Crippen molar-refractivity contribution < 1.29 is 106 Å². The Bertz CT molecular complexity index is 1190. The molecule has 0 saturated carbocycles. The summed E-state index contributed by atoms with van der Waals surface area (Å²) < 4.78 is 40.5. The lowest BCUT2D eigenvalue weighted by Crippen LogP contribution is -2.40. The van der Waals surface area contributed by atoms with E-state index in [0.717, 1.165) is 18.2 Å². The number of cyclic esters (lactones) is 2. The molecule has 0 aromatic carbocycles. The molecule has 1 saturated heterocycles. The molecule has 56 heavy (non-hydrogen) atoms. The summed E-state index contributed by atoms with van der Waals surface area (Å²) in [7, 11) is 0. The third-order valence-electron chi connectivity index (χ3n) is 5.00. The van der Waals surface area contributed by atoms with E-state index in [1.807, 2.05) is 0 Å². The van der Waals surface area contributed by atoms with Gasteiger partial charge in [0.2, 0.25) is 0 Å². The highest BCUT2D eigenvalue weighted by molar-refractivity contribution is 6.14. The van der Waals surface area contributed by atoms with Crippen LogP contribution in [0.4, 0.5) is 0 Å². The number of hydrogen-bond acceptors (Lipinski definition) is 22. The maximum absolute atomic E-state index is 11.4. The highest BCUT2D eigenvalue weighted by Gasteiger charge is 2.32. The van der Waals surface area contributed by atoms with Crippen LogP contribution in [-0.4, -0.2) is 150 Å². The van der Waals surface area contributed by atoms with Gasteiger partial charge in [0.05, 0.1) is 13.2 Å². The molecule has 1 heterocycles. The maximum Gasteiger partial charge on any atom is 0.348 e. The molecule has 0 aromatic rings. The minimum Gasteiger partial charge on any atom is -0.460 e. The molecular formula is C33H49ClO22. The van der Waals surface area contributed by atoms with Crippen molar-refractivity contribution in [1.29, 1.82) is 0 Å². The van der Waals surface area contributed by atoms with E-state index in [2.05, 4.69) is 64.3 Å². The Balaban J connectivity index is -0.000000339. The molecule has 0 amide bonds. The van der Waals surface area contributed by atoms with Crippen LogP contribution in [0.5, 0.6) is 0 Å². The number of hydrogen-bond donors (Lipinski definition) is 4. The lowest BCUT2D eigenvalue weighted by molar-refractivity contribution is -0.191. The Morgan fingerprint density at radius 1 is 0.607 bits per heavy atom. The molecule has 22 nitrogen and oxygen atoms in total. The second kappa shape index (κ2) is 35.3. The fraction of sp³-hybridized carbons (Fsp3) is 0.545. The van der Waals surface area contributed by atoms with Crippen LogP contribution < -0.4 is 0 Å². The van der Waals surface area contributed by atoms with Crippen LogP contribution in [0, 0.1) is 0 Å². The molecule has 0 aliphatic carbocycles. The van der Waals surface area contributed by atoms with Gasteiger partial charge in [0, 0.05) is 18.2 Å². The van der Waals surface area contributed by atoms with E-state index in [-0.39, 0.29) is 39.6 Å². The Labute approximate surface area is 326 Å². The van der Waals surface area contributed by atoms with E-state index in [9.17, 15) is 43.2 Å². The third kappa shape index (κ3) is 33.2. The minimum absolute atomic E-state index is 0.125. The van der Waals surface area contributed by atoms with Crippen LogP contribution in [0.15, 0.2) is 38.0 Å². The maximum atomic E-state index is 11.4. The molecule has 1 aliphatic rings. The van der Waals surface area contributed by atoms with Crippen molar-refractivity contribution in [3.05, 3.63) is 38.0 Å². The number of halogens is 1. The second-order valence-corrected chi connectivity index (χ2v) is 9.95. The number of aliphatic hydroxyl groups excluding tert-OH is 4. The van der Waals surface area contributed by atoms with Crippen molar-refractivity contribution in [1.82, 2.24) is 0 Å². The van der Waals surface area contributed by atoms with Gasteiger partial charge in [-0.3, -0.25) is 0 Å². The molecular weight excluding hydrogens is 784 g/mol. The zero-order chi connectivity index (χ0) is 44.4. The Hall–Kier alpha value is -5.42. The van der Waals surface area contributed by atoms with E-state index in [4.69, 9.17) is 29.9 Å². The molecule has 0 aromatic heterocycles. The largest absolute Gasteiger partial charge is 0.460 e. The molecule has 6 unspecified atom stereocenters. The van der Waals surface area contributed by atoms with Crippen LogP contribution in [0.1, 0.15) is 41.5 Å². The quantitative estimate of drug-likeness (QED) is 0.0617. The number of aliphatic hydroxyl groups is 4. The van der Waals surface area contributed by atoms with Gasteiger partial charge in [-0.15, -0.1) is 0 Å². The normalized spacial score (nSPS) is 15.6. The Morgan fingerprint density at radius 2 is 0.875 bits per heavy atom. The van der Waals surface area contributed by atoms with Crippen LogP contribution in [-0.2, 0) is 85.3 Å². The van der Waals surface area contributed by atoms with Crippen molar-refractivity contribution in [2.75, 3.05) is 39.6 Å². The van der Waals surface area contributed by atoms with Gasteiger partial charge in [-0.25, -0.2) is 43.2 Å². The van der Waals surface area contributed by atoms with Crippen molar-refractivity contribution in [2.45, 2.75) is 78.2 Å². The second-order valence-electron chi connectivity index (χ2n) is 9.79. The lowest BCUT2D eigenvalue weighted by atomic mass is 10.3. The van der Waals surface area contributed by atoms with Gasteiger partial charge < -0.3 is 62.6 Å². The first-order chi connectivity index (χ1) is 26.1. The van der Waals surface area contributed by atoms with E-state index in [1.165, 1.54) is 41.5 Å². The summed E-state index contributed by atoms with van der Waals surface area (Å²) in [5.41, 5.74) is 0. The zero-order valence-corrected chi connectivity index (χ0v) is 32.3. The van der Waals surface area contributed by atoms with Crippen molar-refractivity contribution >= 4 is 65.6 Å². The van der Waals surface area contributed by atoms with Gasteiger partial charge in [0.1, 0.15) is 50.5 Å². The molecule has 1 rings (SSSR count). The standard InChI is InChI=1S/C14H18O8.C8H14O6.C6H8O4.C3H3ClO2.C2H6O2/c1-5-11(15)21-9(3)13(17)19-7-8-20-14(18)10(4)22-12(16)6-2;1-5(9)7(11)13-3-4-14-8(12)6(2)10;1-3-5(7)10-4(2)6(8)9-3;1-2-3(5)6-4;3-1-2-4/h5-6,9-10H,1-2,7-8H2,3-4H3;5-6,9-10H,3-4H2,1-2H3;3-4H,1-2H3;2H,1H2;3-4H,1-2H2. The van der Waals surface area contributed by atoms with Gasteiger partial charge in [0.25, 0.3) is 0 Å². The third-order valence-corrected chi connectivity index (χ3v) is 5.15. The summed E-state index contributed by atoms with van der Waals surface area (Å²) in [5, 5.41) is 32.6. The number of esters is 8. The summed E-state index contributed by atoms with van der Waals surface area (Å²) in [6, 6.07) is 0. The summed E-state index contributed by atoms with van der Waals surface area (Å²) in [6.07, 6.45) is -3.28. The van der Waals surface area contributed by atoms with Gasteiger partial charge in [0.15, 0.2) is 24.4 Å². The van der Waals surface area contributed by atoms with Crippen molar-refractivity contribution in [3.8, 4) is 0 Å². The fourth-order valence-electron chi connectivity index (χ4n) is 2.25. The predicted molar refractivity (Wildman–Crippen MR) is 186 cm³/mol. The molecule has 6 atom stereocenters. The van der Waals surface area contributed by atoms with Crippen LogP contribution in [0.2, 0.25) is 0 Å². The molecule has 0 radical (unpaired) electrons. The summed E-state index contributed by atoms with van der Waals surface area (Å²) in [5.74, 6) is -6.25. The van der Waals surface area contributed by atoms with E-state index >= 15 is 0 Å². The monoisotopic (exact) mass is 832 g/mol. The van der Waals surface area contributed by atoms with Crippen LogP contribution in [0.25, 0.3) is 0 Å². The summed E-state index contributed by atoms with van der Waals surface area (Å²) >= 11 is 4.53. The van der Waals surface area contributed by atoms with Gasteiger partial charge >= 0.3 is 53.7 Å². The first kappa shape index (κ1) is 57.3. The van der Waals surface area contributed by atoms with Gasteiger partial charge in [-0.1, -0.05) is 19.7 Å². The highest BCUT2D eigenvalue weighted by atomic mass is 35.5. The summed E-state index contributed by atoms with van der Waals surface area (Å²) in [4.78, 5) is 96.9. The number of carbonyl (C=O) groups is 9. The smallest absolute Gasteiger partial charge is 0.348 e. The molecule has 0 bridgehead atoms. The van der Waals surface area contributed by atoms with Crippen LogP contribution in [0.3, 0.4) is 0 Å². The molecule has 1 fully saturated rings. The van der Waals surface area contributed by atoms with E-state index < -0.39 is 90.3 Å². The highest BCUT2D eigenvalue weighted by Crippen LogP contribution is 2.08. The first-order valence-electron chi connectivity index (χ1n) is 15.9. The van der Waals surface area contributed by atoms with Crippen LogP contribution >= 0.6 is 11.9 Å². The summed E-state index contributed by atoms with van der Waals surface area (Å²) in [6.45, 7) is 16.6. The molecule has 23 heteroatoms.